The van der Waals surface area contributed by atoms with Gasteiger partial charge in [-0.15, -0.1) is 0 Å². The van der Waals surface area contributed by atoms with Gasteiger partial charge in [0.1, 0.15) is 0 Å². The topological polar surface area (TPSA) is 59.9 Å². The summed E-state index contributed by atoms with van der Waals surface area (Å²) in [6.45, 7) is 2.97. The molecule has 1 N–H and O–H groups in total. The van der Waals surface area contributed by atoms with Crippen LogP contribution in [0.25, 0.3) is 0 Å². The summed E-state index contributed by atoms with van der Waals surface area (Å²) in [7, 11) is 1.64. The molecule has 1 aliphatic rings. The van der Waals surface area contributed by atoms with Crippen LogP contribution in [-0.4, -0.2) is 37.5 Å². The van der Waals surface area contributed by atoms with Crippen molar-refractivity contribution in [3.63, 3.8) is 0 Å². The van der Waals surface area contributed by atoms with Crippen LogP contribution in [0.15, 0.2) is 35.5 Å². The molecule has 0 saturated carbocycles. The number of carbonyl (C=O) groups is 1. The second-order valence-electron chi connectivity index (χ2n) is 5.01. The van der Waals surface area contributed by atoms with E-state index in [1.54, 1.807) is 14.0 Å². The molecule has 1 aromatic rings. The van der Waals surface area contributed by atoms with Crippen molar-refractivity contribution in [2.45, 2.75) is 25.4 Å². The minimum Gasteiger partial charge on any atom is -0.385 e. The monoisotopic (exact) mass is 276 g/mol. The molecule has 1 amide bonds. The highest BCUT2D eigenvalue weighted by molar-refractivity contribution is 6.05. The third kappa shape index (κ3) is 3.36. The number of nitrogens with one attached hydrogen (secondary N) is 1. The van der Waals surface area contributed by atoms with Crippen LogP contribution < -0.4 is 5.32 Å². The Morgan fingerprint density at radius 1 is 1.45 bits per heavy atom. The fraction of sp³-hybridized carbons (Fsp3) is 0.467. The van der Waals surface area contributed by atoms with Gasteiger partial charge >= 0.3 is 0 Å². The molecule has 0 bridgehead atoms. The molecule has 20 heavy (non-hydrogen) atoms. The Hall–Kier alpha value is -1.88. The number of hydrogen-bond acceptors (Lipinski definition) is 4. The van der Waals surface area contributed by atoms with Crippen LogP contribution in [0.2, 0.25) is 0 Å². The summed E-state index contributed by atoms with van der Waals surface area (Å²) in [4.78, 5) is 17.5. The van der Waals surface area contributed by atoms with Crippen molar-refractivity contribution in [2.75, 3.05) is 20.3 Å². The molecule has 0 spiro atoms. The Bertz CT molecular complexity index is 487. The zero-order valence-electron chi connectivity index (χ0n) is 11.9. The molecular formula is C15H20N2O3. The maximum Gasteiger partial charge on any atom is 0.267 e. The zero-order chi connectivity index (χ0) is 14.4. The summed E-state index contributed by atoms with van der Waals surface area (Å²) in [6.07, 6.45) is 1.26. The first-order valence-corrected chi connectivity index (χ1v) is 6.73. The molecule has 0 saturated heterocycles. The normalized spacial score (nSPS) is 21.2. The lowest BCUT2D eigenvalue weighted by molar-refractivity contribution is -0.141. The number of amides is 1. The molecule has 108 valence electrons. The average molecular weight is 276 g/mol. The van der Waals surface area contributed by atoms with E-state index in [1.807, 2.05) is 30.3 Å². The van der Waals surface area contributed by atoms with Crippen molar-refractivity contribution in [2.24, 2.45) is 5.16 Å². The fourth-order valence-corrected chi connectivity index (χ4v) is 2.05. The molecule has 0 fully saturated rings. The van der Waals surface area contributed by atoms with E-state index in [2.05, 4.69) is 10.5 Å². The van der Waals surface area contributed by atoms with Gasteiger partial charge in [0.15, 0.2) is 0 Å². The van der Waals surface area contributed by atoms with Crippen LogP contribution in [0.4, 0.5) is 0 Å². The second kappa shape index (κ2) is 6.52. The minimum absolute atomic E-state index is 0.136. The quantitative estimate of drug-likeness (QED) is 0.805. The molecule has 5 nitrogen and oxygen atoms in total. The molecule has 0 aromatic heterocycles. The van der Waals surface area contributed by atoms with Gasteiger partial charge in [0.2, 0.25) is 5.60 Å². The number of hydrogen-bond donors (Lipinski definition) is 1. The predicted octanol–water partition coefficient (Wildman–Crippen LogP) is 1.72. The van der Waals surface area contributed by atoms with Gasteiger partial charge in [0.25, 0.3) is 5.91 Å². The Morgan fingerprint density at radius 3 is 2.90 bits per heavy atom. The van der Waals surface area contributed by atoms with Gasteiger partial charge in [-0.25, -0.2) is 0 Å². The molecule has 1 aromatic carbocycles. The number of nitrogens with zero attached hydrogens (tertiary/aromatic N) is 1. The van der Waals surface area contributed by atoms with Crippen molar-refractivity contribution >= 4 is 11.6 Å². The molecule has 1 atom stereocenters. The van der Waals surface area contributed by atoms with Crippen molar-refractivity contribution in [3.8, 4) is 0 Å². The van der Waals surface area contributed by atoms with Gasteiger partial charge in [-0.05, 0) is 18.9 Å². The molecule has 0 aliphatic carbocycles. The van der Waals surface area contributed by atoms with Gasteiger partial charge in [-0.3, -0.25) is 4.79 Å². The standard InChI is InChI=1S/C15H20N2O3/c1-15(14(18)16-9-6-10-19-2)11-13(17-20-15)12-7-4-3-5-8-12/h3-5,7-8H,6,9-11H2,1-2H3,(H,16,18)/t15-/m1/s1. The Balaban J connectivity index is 1.90. The predicted molar refractivity (Wildman–Crippen MR) is 76.6 cm³/mol. The van der Waals surface area contributed by atoms with E-state index in [0.717, 1.165) is 17.7 Å². The Labute approximate surface area is 118 Å². The zero-order valence-corrected chi connectivity index (χ0v) is 11.9. The lowest BCUT2D eigenvalue weighted by atomic mass is 9.95. The summed E-state index contributed by atoms with van der Waals surface area (Å²) >= 11 is 0. The number of rotatable bonds is 6. The van der Waals surface area contributed by atoms with Crippen LogP contribution >= 0.6 is 0 Å². The van der Waals surface area contributed by atoms with Gasteiger partial charge in [0.05, 0.1) is 5.71 Å². The largest absolute Gasteiger partial charge is 0.385 e. The highest BCUT2D eigenvalue weighted by atomic mass is 16.7. The molecule has 1 heterocycles. The van der Waals surface area contributed by atoms with Gasteiger partial charge in [0, 0.05) is 26.7 Å². The first-order chi connectivity index (χ1) is 9.65. The van der Waals surface area contributed by atoms with Crippen LogP contribution in [0.5, 0.6) is 0 Å². The van der Waals surface area contributed by atoms with E-state index in [4.69, 9.17) is 9.57 Å². The van der Waals surface area contributed by atoms with Gasteiger partial charge in [-0.1, -0.05) is 35.5 Å². The number of benzene rings is 1. The summed E-state index contributed by atoms with van der Waals surface area (Å²) < 4.78 is 4.94. The van der Waals surface area contributed by atoms with Crippen LogP contribution in [-0.2, 0) is 14.4 Å². The van der Waals surface area contributed by atoms with Crippen LogP contribution in [0.3, 0.4) is 0 Å². The first kappa shape index (κ1) is 14.5. The van der Waals surface area contributed by atoms with E-state index in [9.17, 15) is 4.79 Å². The maximum atomic E-state index is 12.2. The lowest BCUT2D eigenvalue weighted by Crippen LogP contribution is -2.45. The average Bonchev–Trinajstić information content (AvgIpc) is 2.88. The maximum absolute atomic E-state index is 12.2. The van der Waals surface area contributed by atoms with E-state index < -0.39 is 5.60 Å². The van der Waals surface area contributed by atoms with Crippen molar-refractivity contribution in [1.82, 2.24) is 5.32 Å². The van der Waals surface area contributed by atoms with E-state index in [0.29, 0.717) is 19.6 Å². The molecular weight excluding hydrogens is 256 g/mol. The minimum atomic E-state index is -0.918. The van der Waals surface area contributed by atoms with Gasteiger partial charge in [-0.2, -0.15) is 0 Å². The molecule has 5 heteroatoms. The number of oxime groups is 1. The van der Waals surface area contributed by atoms with E-state index in [-0.39, 0.29) is 5.91 Å². The van der Waals surface area contributed by atoms with Gasteiger partial charge < -0.3 is 14.9 Å². The highest BCUT2D eigenvalue weighted by Crippen LogP contribution is 2.26. The molecule has 0 radical (unpaired) electrons. The fourth-order valence-electron chi connectivity index (χ4n) is 2.05. The molecule has 0 unspecified atom stereocenters. The number of methoxy groups -OCH3 is 1. The van der Waals surface area contributed by atoms with Crippen molar-refractivity contribution in [3.05, 3.63) is 35.9 Å². The van der Waals surface area contributed by atoms with E-state index in [1.165, 1.54) is 0 Å². The third-order valence-electron chi connectivity index (χ3n) is 3.26. The molecule has 1 aliphatic heterocycles. The van der Waals surface area contributed by atoms with Crippen LogP contribution in [0.1, 0.15) is 25.3 Å². The van der Waals surface area contributed by atoms with E-state index >= 15 is 0 Å². The summed E-state index contributed by atoms with van der Waals surface area (Å²) in [5.41, 5.74) is 0.877. The molecule has 2 rings (SSSR count). The van der Waals surface area contributed by atoms with Crippen molar-refractivity contribution in [1.29, 1.82) is 0 Å². The third-order valence-corrected chi connectivity index (χ3v) is 3.26. The SMILES string of the molecule is COCCCNC(=O)[C@@]1(C)CC(c2ccccc2)=NO1. The summed E-state index contributed by atoms with van der Waals surface area (Å²) in [5, 5.41) is 6.91. The number of carbonyl (C=O) groups excluding carboxylic acids is 1. The van der Waals surface area contributed by atoms with Crippen LogP contribution in [0, 0.1) is 0 Å². The summed E-state index contributed by atoms with van der Waals surface area (Å²) in [5.74, 6) is -0.136. The smallest absolute Gasteiger partial charge is 0.267 e. The first-order valence-electron chi connectivity index (χ1n) is 6.73. The highest BCUT2D eigenvalue weighted by Gasteiger charge is 2.41. The van der Waals surface area contributed by atoms with Crippen molar-refractivity contribution < 1.29 is 14.4 Å². The Morgan fingerprint density at radius 2 is 2.20 bits per heavy atom. The number of ether oxygens (including phenoxy) is 1. The summed E-state index contributed by atoms with van der Waals surface area (Å²) in [6, 6.07) is 9.76. The lowest BCUT2D eigenvalue weighted by Gasteiger charge is -2.20. The second-order valence-corrected chi connectivity index (χ2v) is 5.01. The Kier molecular flexibility index (Phi) is 4.74.